The molecule has 3 aliphatic rings. The van der Waals surface area contributed by atoms with Crippen LogP contribution in [0.4, 0.5) is 16.2 Å². The molecule has 0 bridgehead atoms. The number of aryl methyl sites for hydroxylation is 2. The fourth-order valence-corrected chi connectivity index (χ4v) is 5.48. The molecular formula is C20H25N5O4S. The molecule has 1 aromatic heterocycles. The van der Waals surface area contributed by atoms with Crippen molar-refractivity contribution < 1.29 is 17.9 Å². The van der Waals surface area contributed by atoms with Crippen molar-refractivity contribution in [2.24, 2.45) is 0 Å². The highest BCUT2D eigenvalue weighted by Gasteiger charge is 2.27. The predicted octanol–water partition coefficient (Wildman–Crippen LogP) is 1.61. The van der Waals surface area contributed by atoms with Crippen LogP contribution in [0.1, 0.15) is 35.1 Å². The zero-order valence-corrected chi connectivity index (χ0v) is 17.5. The quantitative estimate of drug-likeness (QED) is 0.762. The van der Waals surface area contributed by atoms with Gasteiger partial charge in [-0.25, -0.2) is 9.52 Å². The lowest BCUT2D eigenvalue weighted by Gasteiger charge is -2.27. The zero-order valence-electron chi connectivity index (χ0n) is 16.7. The van der Waals surface area contributed by atoms with E-state index >= 15 is 0 Å². The van der Waals surface area contributed by atoms with Crippen molar-refractivity contribution in [2.45, 2.75) is 38.5 Å². The Morgan fingerprint density at radius 1 is 1.03 bits per heavy atom. The summed E-state index contributed by atoms with van der Waals surface area (Å²) in [4.78, 5) is 14.6. The summed E-state index contributed by atoms with van der Waals surface area (Å²) in [5, 5.41) is 6.78. The number of anilines is 2. The van der Waals surface area contributed by atoms with Crippen LogP contribution < -0.4 is 14.9 Å². The van der Waals surface area contributed by atoms with Gasteiger partial charge in [0.1, 0.15) is 0 Å². The minimum absolute atomic E-state index is 0.588. The number of benzene rings is 1. The molecule has 10 heteroatoms. The Kier molecular flexibility index (Phi) is 4.90. The van der Waals surface area contributed by atoms with Crippen LogP contribution in [0.2, 0.25) is 0 Å². The first-order chi connectivity index (χ1) is 14.5. The summed E-state index contributed by atoms with van der Waals surface area (Å²) in [5.41, 5.74) is 6.34. The molecule has 9 nitrogen and oxygen atoms in total. The summed E-state index contributed by atoms with van der Waals surface area (Å²) in [7, 11) is -4.14. The van der Waals surface area contributed by atoms with Crippen molar-refractivity contribution in [1.82, 2.24) is 13.9 Å². The Morgan fingerprint density at radius 3 is 2.37 bits per heavy atom. The Hall–Kier alpha value is -2.59. The smallest absolute Gasteiger partial charge is 0.346 e. The van der Waals surface area contributed by atoms with Crippen molar-refractivity contribution in [3.63, 3.8) is 0 Å². The van der Waals surface area contributed by atoms with Crippen molar-refractivity contribution in [3.8, 4) is 0 Å². The number of fused-ring (bicyclic) bond motifs is 2. The summed E-state index contributed by atoms with van der Waals surface area (Å²) in [6, 6.07) is 1.51. The van der Waals surface area contributed by atoms with Crippen LogP contribution in [0.25, 0.3) is 0 Å². The molecule has 2 heterocycles. The van der Waals surface area contributed by atoms with Gasteiger partial charge in [-0.05, 0) is 60.8 Å². The number of hydrogen-bond donors (Lipinski definition) is 2. The van der Waals surface area contributed by atoms with Crippen LogP contribution in [0.5, 0.6) is 0 Å². The summed E-state index contributed by atoms with van der Waals surface area (Å²) in [6.45, 7) is 2.52. The third-order valence-electron chi connectivity index (χ3n) is 6.10. The first kappa shape index (κ1) is 19.4. The zero-order chi connectivity index (χ0) is 20.7. The van der Waals surface area contributed by atoms with Crippen LogP contribution >= 0.6 is 0 Å². The summed E-state index contributed by atoms with van der Waals surface area (Å²) >= 11 is 0. The van der Waals surface area contributed by atoms with Crippen molar-refractivity contribution in [1.29, 1.82) is 0 Å². The number of urea groups is 1. The molecule has 0 unspecified atom stereocenters. The fraction of sp³-hybridized carbons (Fsp3) is 0.500. The van der Waals surface area contributed by atoms with Crippen LogP contribution in [0, 0.1) is 0 Å². The van der Waals surface area contributed by atoms with Crippen molar-refractivity contribution in [3.05, 3.63) is 40.7 Å². The lowest BCUT2D eigenvalue weighted by molar-refractivity contribution is 0.122. The van der Waals surface area contributed by atoms with E-state index in [0.717, 1.165) is 59.4 Å². The topological polar surface area (TPSA) is 106 Å². The summed E-state index contributed by atoms with van der Waals surface area (Å²) in [6.07, 6.45) is 8.86. The van der Waals surface area contributed by atoms with Gasteiger partial charge in [-0.2, -0.15) is 13.5 Å². The SMILES string of the molecule is O=C(Nc1c2c(cc3c1CCC3)CCC2)NS(=O)(=O)n1cc(N2CCOCC2)cn1. The van der Waals surface area contributed by atoms with Gasteiger partial charge in [0.15, 0.2) is 0 Å². The van der Waals surface area contributed by atoms with E-state index in [1.807, 2.05) is 4.90 Å². The summed E-state index contributed by atoms with van der Waals surface area (Å²) in [5.74, 6) is 0. The number of carbonyl (C=O) groups is 1. The molecule has 0 atom stereocenters. The maximum absolute atomic E-state index is 12.7. The lowest BCUT2D eigenvalue weighted by Crippen LogP contribution is -2.39. The number of rotatable bonds is 4. The van der Waals surface area contributed by atoms with Crippen LogP contribution in [0.15, 0.2) is 18.5 Å². The fourth-order valence-electron chi connectivity index (χ4n) is 4.68. The molecule has 2 N–H and O–H groups in total. The van der Waals surface area contributed by atoms with E-state index in [-0.39, 0.29) is 0 Å². The molecule has 2 amide bonds. The maximum Gasteiger partial charge on any atom is 0.346 e. The third kappa shape index (κ3) is 3.54. The van der Waals surface area contributed by atoms with Gasteiger partial charge >= 0.3 is 16.2 Å². The number of aromatic nitrogens is 2. The monoisotopic (exact) mass is 431 g/mol. The lowest BCUT2D eigenvalue weighted by atomic mass is 9.99. The highest BCUT2D eigenvalue weighted by molar-refractivity contribution is 7.88. The van der Waals surface area contributed by atoms with Gasteiger partial charge in [0.05, 0.1) is 31.3 Å². The largest absolute Gasteiger partial charge is 0.378 e. The molecule has 1 saturated heterocycles. The first-order valence-corrected chi connectivity index (χ1v) is 11.8. The Bertz CT molecular complexity index is 1060. The van der Waals surface area contributed by atoms with Crippen molar-refractivity contribution >= 4 is 27.6 Å². The second-order valence-corrected chi connectivity index (χ2v) is 9.49. The van der Waals surface area contributed by atoms with Gasteiger partial charge in [-0.15, -0.1) is 4.09 Å². The number of nitrogens with one attached hydrogen (secondary N) is 2. The molecule has 0 spiro atoms. The Balaban J connectivity index is 1.33. The first-order valence-electron chi connectivity index (χ1n) is 10.4. The average Bonchev–Trinajstić information content (AvgIpc) is 3.48. The van der Waals surface area contributed by atoms with E-state index in [1.165, 1.54) is 23.5 Å². The molecule has 0 radical (unpaired) electrons. The van der Waals surface area contributed by atoms with E-state index < -0.39 is 16.2 Å². The number of hydrogen-bond acceptors (Lipinski definition) is 6. The predicted molar refractivity (Wildman–Crippen MR) is 112 cm³/mol. The number of nitrogens with zero attached hydrogens (tertiary/aromatic N) is 3. The second-order valence-electron chi connectivity index (χ2n) is 7.97. The molecule has 1 fully saturated rings. The van der Waals surface area contributed by atoms with Gasteiger partial charge in [0, 0.05) is 18.8 Å². The van der Waals surface area contributed by atoms with Gasteiger partial charge in [-0.1, -0.05) is 6.07 Å². The minimum atomic E-state index is -4.14. The van der Waals surface area contributed by atoms with Gasteiger partial charge in [0.25, 0.3) is 0 Å². The Labute approximate surface area is 175 Å². The van der Waals surface area contributed by atoms with E-state index in [2.05, 4.69) is 21.2 Å². The highest BCUT2D eigenvalue weighted by Crippen LogP contribution is 2.38. The molecule has 2 aliphatic carbocycles. The molecular weight excluding hydrogens is 406 g/mol. The highest BCUT2D eigenvalue weighted by atomic mass is 32.2. The van der Waals surface area contributed by atoms with E-state index in [1.54, 1.807) is 0 Å². The Morgan fingerprint density at radius 2 is 1.70 bits per heavy atom. The number of morpholine rings is 1. The second kappa shape index (κ2) is 7.59. The van der Waals surface area contributed by atoms with Gasteiger partial charge < -0.3 is 15.0 Å². The minimum Gasteiger partial charge on any atom is -0.378 e. The number of ether oxygens (including phenoxy) is 1. The maximum atomic E-state index is 12.7. The molecule has 1 aliphatic heterocycles. The molecule has 5 rings (SSSR count). The normalized spacial score (nSPS) is 18.2. The standard InChI is InChI=1S/C20H25N5O4S/c26-20(22-19-17-5-1-3-14(17)11-15-4-2-6-18(15)19)23-30(27,28)25-13-16(12-21-25)24-7-9-29-10-8-24/h11-13H,1-10H2,(H2,22,23,26). The van der Waals surface area contributed by atoms with Crippen LogP contribution in [-0.2, 0) is 40.6 Å². The molecule has 30 heavy (non-hydrogen) atoms. The van der Waals surface area contributed by atoms with Crippen LogP contribution in [-0.4, -0.2) is 49.9 Å². The molecule has 1 aromatic carbocycles. The van der Waals surface area contributed by atoms with E-state index in [0.29, 0.717) is 32.0 Å². The summed E-state index contributed by atoms with van der Waals surface area (Å²) < 4.78 is 33.6. The third-order valence-corrected chi connectivity index (χ3v) is 7.24. The van der Waals surface area contributed by atoms with E-state index in [4.69, 9.17) is 4.74 Å². The number of amides is 2. The van der Waals surface area contributed by atoms with E-state index in [9.17, 15) is 13.2 Å². The molecule has 2 aromatic rings. The van der Waals surface area contributed by atoms with Crippen molar-refractivity contribution in [2.75, 3.05) is 36.5 Å². The van der Waals surface area contributed by atoms with Crippen LogP contribution in [0.3, 0.4) is 0 Å². The number of carbonyl (C=O) groups excluding carboxylic acids is 1. The van der Waals surface area contributed by atoms with Gasteiger partial charge in [0.2, 0.25) is 0 Å². The van der Waals surface area contributed by atoms with Gasteiger partial charge in [-0.3, -0.25) is 0 Å². The molecule has 0 saturated carbocycles. The average molecular weight is 432 g/mol. The molecule has 160 valence electrons.